The van der Waals surface area contributed by atoms with E-state index in [1.807, 2.05) is 12.1 Å². The summed E-state index contributed by atoms with van der Waals surface area (Å²) in [5, 5.41) is 3.74. The standard InChI is InChI=1S/C23H31FN2O/c24-16-8-6-7-15(13-16)19-14-26(20-11-2-1-5-12-25-22(19)20)23(27)21-17-9-3-4-10-18(17)21/h6-8,13,17-22,25H,1-5,9-12,14H2/t17-,18-,19-,20+,22-/m0/s1. The average Bonchev–Trinajstić information content (AvgIpc) is 3.28. The van der Waals surface area contributed by atoms with Gasteiger partial charge in [0.2, 0.25) is 5.91 Å². The van der Waals surface area contributed by atoms with Crippen molar-refractivity contribution in [3.05, 3.63) is 35.6 Å². The quantitative estimate of drug-likeness (QED) is 0.850. The van der Waals surface area contributed by atoms with Crippen LogP contribution < -0.4 is 5.32 Å². The maximum Gasteiger partial charge on any atom is 0.226 e. The van der Waals surface area contributed by atoms with E-state index in [0.717, 1.165) is 25.1 Å². The van der Waals surface area contributed by atoms with E-state index in [4.69, 9.17) is 0 Å². The summed E-state index contributed by atoms with van der Waals surface area (Å²) in [7, 11) is 0. The number of benzene rings is 1. The molecule has 27 heavy (non-hydrogen) atoms. The molecule has 2 saturated heterocycles. The summed E-state index contributed by atoms with van der Waals surface area (Å²) in [6, 6.07) is 7.57. The van der Waals surface area contributed by atoms with Gasteiger partial charge in [0, 0.05) is 30.5 Å². The molecule has 0 bridgehead atoms. The third kappa shape index (κ3) is 3.20. The van der Waals surface area contributed by atoms with Crippen LogP contribution in [-0.2, 0) is 4.79 Å². The summed E-state index contributed by atoms with van der Waals surface area (Å²) in [6.45, 7) is 1.75. The maximum absolute atomic E-state index is 13.9. The number of carbonyl (C=O) groups excluding carboxylic acids is 1. The number of nitrogens with zero attached hydrogens (tertiary/aromatic N) is 1. The summed E-state index contributed by atoms with van der Waals surface area (Å²) < 4.78 is 13.9. The molecular weight excluding hydrogens is 339 g/mol. The number of fused-ring (bicyclic) bond motifs is 2. The van der Waals surface area contributed by atoms with Gasteiger partial charge in [-0.2, -0.15) is 0 Å². The van der Waals surface area contributed by atoms with E-state index < -0.39 is 0 Å². The molecule has 1 amide bonds. The largest absolute Gasteiger partial charge is 0.337 e. The van der Waals surface area contributed by atoms with Crippen molar-refractivity contribution >= 4 is 5.91 Å². The molecule has 0 unspecified atom stereocenters. The van der Waals surface area contributed by atoms with Crippen LogP contribution in [0.5, 0.6) is 0 Å². The highest BCUT2D eigenvalue weighted by Gasteiger charge is 2.58. The molecule has 1 aromatic carbocycles. The van der Waals surface area contributed by atoms with Gasteiger partial charge in [0.25, 0.3) is 0 Å². The fraction of sp³-hybridized carbons (Fsp3) is 0.696. The van der Waals surface area contributed by atoms with Crippen LogP contribution in [0.3, 0.4) is 0 Å². The normalized spacial score (nSPS) is 38.5. The minimum atomic E-state index is -0.173. The molecule has 2 aliphatic carbocycles. The van der Waals surface area contributed by atoms with Crippen LogP contribution in [0.4, 0.5) is 4.39 Å². The lowest BCUT2D eigenvalue weighted by Crippen LogP contribution is -2.47. The summed E-state index contributed by atoms with van der Waals surface area (Å²) >= 11 is 0. The predicted octanol–water partition coefficient (Wildman–Crippen LogP) is 4.09. The topological polar surface area (TPSA) is 32.3 Å². The van der Waals surface area contributed by atoms with Gasteiger partial charge in [-0.15, -0.1) is 0 Å². The highest BCUT2D eigenvalue weighted by atomic mass is 19.1. The zero-order chi connectivity index (χ0) is 18.4. The van der Waals surface area contributed by atoms with Crippen molar-refractivity contribution in [2.45, 2.75) is 69.4 Å². The lowest BCUT2D eigenvalue weighted by atomic mass is 9.88. The highest BCUT2D eigenvalue weighted by Crippen LogP contribution is 2.56. The summed E-state index contributed by atoms with van der Waals surface area (Å²) in [5.74, 6) is 2.02. The van der Waals surface area contributed by atoms with Crippen molar-refractivity contribution < 1.29 is 9.18 Å². The van der Waals surface area contributed by atoms with Crippen LogP contribution >= 0.6 is 0 Å². The smallest absolute Gasteiger partial charge is 0.226 e. The first-order chi connectivity index (χ1) is 13.2. The molecule has 4 aliphatic rings. The molecule has 0 radical (unpaired) electrons. The number of likely N-dealkylation sites (tertiary alicyclic amines) is 1. The van der Waals surface area contributed by atoms with Crippen molar-refractivity contribution in [2.24, 2.45) is 17.8 Å². The second-order valence-electron chi connectivity index (χ2n) is 9.19. The second kappa shape index (κ2) is 7.20. The van der Waals surface area contributed by atoms with Gasteiger partial charge >= 0.3 is 0 Å². The van der Waals surface area contributed by atoms with Gasteiger partial charge in [0.15, 0.2) is 0 Å². The Hall–Kier alpha value is -1.42. The lowest BCUT2D eigenvalue weighted by molar-refractivity contribution is -0.134. The number of halogens is 1. The third-order valence-corrected chi connectivity index (χ3v) is 7.70. The van der Waals surface area contributed by atoms with Crippen molar-refractivity contribution in [1.29, 1.82) is 0 Å². The summed E-state index contributed by atoms with van der Waals surface area (Å²) in [5.41, 5.74) is 1.04. The van der Waals surface area contributed by atoms with Gasteiger partial charge in [0.1, 0.15) is 5.82 Å². The average molecular weight is 371 g/mol. The monoisotopic (exact) mass is 370 g/mol. The van der Waals surface area contributed by atoms with Gasteiger partial charge in [-0.3, -0.25) is 4.79 Å². The number of carbonyl (C=O) groups is 1. The number of hydrogen-bond acceptors (Lipinski definition) is 2. The van der Waals surface area contributed by atoms with Crippen molar-refractivity contribution in [2.75, 3.05) is 13.1 Å². The molecule has 1 aromatic rings. The fourth-order valence-corrected chi connectivity index (χ4v) is 6.31. The molecule has 4 fully saturated rings. The van der Waals surface area contributed by atoms with E-state index in [9.17, 15) is 9.18 Å². The van der Waals surface area contributed by atoms with E-state index in [1.54, 1.807) is 6.07 Å². The highest BCUT2D eigenvalue weighted by molar-refractivity contribution is 5.83. The molecular formula is C23H31FN2O. The van der Waals surface area contributed by atoms with Crippen LogP contribution in [0.2, 0.25) is 0 Å². The fourth-order valence-electron chi connectivity index (χ4n) is 6.31. The number of hydrogen-bond donors (Lipinski definition) is 1. The van der Waals surface area contributed by atoms with E-state index in [2.05, 4.69) is 10.2 Å². The van der Waals surface area contributed by atoms with Crippen molar-refractivity contribution in [1.82, 2.24) is 10.2 Å². The van der Waals surface area contributed by atoms with E-state index in [-0.39, 0.29) is 29.7 Å². The molecule has 2 saturated carbocycles. The first kappa shape index (κ1) is 17.7. The van der Waals surface area contributed by atoms with Gasteiger partial charge in [-0.1, -0.05) is 37.8 Å². The van der Waals surface area contributed by atoms with Gasteiger partial charge < -0.3 is 10.2 Å². The van der Waals surface area contributed by atoms with Crippen LogP contribution in [0.15, 0.2) is 24.3 Å². The molecule has 4 heteroatoms. The second-order valence-corrected chi connectivity index (χ2v) is 9.19. The van der Waals surface area contributed by atoms with E-state index in [1.165, 1.54) is 51.0 Å². The SMILES string of the molecule is O=C(C1[C@H]2CCCC[C@H]12)N1C[C@@H](c2cccc(F)c2)[C@@H]2NCCCCC[C@H]21. The molecule has 2 aliphatic heterocycles. The number of rotatable bonds is 2. The Kier molecular flexibility index (Phi) is 4.71. The predicted molar refractivity (Wildman–Crippen MR) is 104 cm³/mol. The van der Waals surface area contributed by atoms with Crippen molar-refractivity contribution in [3.63, 3.8) is 0 Å². The molecule has 146 valence electrons. The summed E-state index contributed by atoms with van der Waals surface area (Å²) in [4.78, 5) is 15.7. The Balaban J connectivity index is 1.41. The van der Waals surface area contributed by atoms with E-state index >= 15 is 0 Å². The Labute approximate surface area is 161 Å². The molecule has 5 atom stereocenters. The molecule has 1 N–H and O–H groups in total. The molecule has 5 rings (SSSR count). The third-order valence-electron chi connectivity index (χ3n) is 7.70. The zero-order valence-corrected chi connectivity index (χ0v) is 16.1. The number of amides is 1. The van der Waals surface area contributed by atoms with Gasteiger partial charge in [-0.25, -0.2) is 4.39 Å². The maximum atomic E-state index is 13.9. The lowest BCUT2D eigenvalue weighted by Gasteiger charge is -2.31. The first-order valence-electron chi connectivity index (χ1n) is 11.0. The van der Waals surface area contributed by atoms with Crippen LogP contribution in [0.1, 0.15) is 62.8 Å². The van der Waals surface area contributed by atoms with Gasteiger partial charge in [0.05, 0.1) is 0 Å². The Morgan fingerprint density at radius 2 is 1.81 bits per heavy atom. The van der Waals surface area contributed by atoms with Crippen LogP contribution in [-0.4, -0.2) is 36.0 Å². The first-order valence-corrected chi connectivity index (χ1v) is 11.0. The number of nitrogens with one attached hydrogen (secondary N) is 1. The van der Waals surface area contributed by atoms with Crippen molar-refractivity contribution in [3.8, 4) is 0 Å². The Morgan fingerprint density at radius 3 is 2.59 bits per heavy atom. The molecule has 2 heterocycles. The Bertz CT molecular complexity index is 695. The van der Waals surface area contributed by atoms with Gasteiger partial charge in [-0.05, 0) is 61.8 Å². The molecule has 0 aromatic heterocycles. The molecule has 3 nitrogen and oxygen atoms in total. The zero-order valence-electron chi connectivity index (χ0n) is 16.1. The minimum absolute atomic E-state index is 0.173. The van der Waals surface area contributed by atoms with Crippen LogP contribution in [0.25, 0.3) is 0 Å². The molecule has 0 spiro atoms. The minimum Gasteiger partial charge on any atom is -0.337 e. The Morgan fingerprint density at radius 1 is 1.04 bits per heavy atom. The summed E-state index contributed by atoms with van der Waals surface area (Å²) in [6.07, 6.45) is 9.78. The van der Waals surface area contributed by atoms with E-state index in [0.29, 0.717) is 17.7 Å². The van der Waals surface area contributed by atoms with Crippen LogP contribution in [0, 0.1) is 23.6 Å².